The molecular weight excluding hydrogens is 469 g/mol. The first kappa shape index (κ1) is 23.9. The van der Waals surface area contributed by atoms with Gasteiger partial charge < -0.3 is 19.9 Å². The van der Waals surface area contributed by atoms with Crippen molar-refractivity contribution in [1.82, 2.24) is 24.5 Å². The lowest BCUT2D eigenvalue weighted by Gasteiger charge is -2.34. The summed E-state index contributed by atoms with van der Waals surface area (Å²) in [4.78, 5) is 17.8. The highest BCUT2D eigenvalue weighted by molar-refractivity contribution is 6.01. The number of benzene rings is 1. The maximum atomic E-state index is 13.3. The number of hydrogen-bond acceptors (Lipinski definition) is 6. The summed E-state index contributed by atoms with van der Waals surface area (Å²) in [5.41, 5.74) is 5.37. The summed E-state index contributed by atoms with van der Waals surface area (Å²) >= 11 is 0. The van der Waals surface area contributed by atoms with Crippen molar-refractivity contribution in [1.29, 1.82) is 0 Å². The van der Waals surface area contributed by atoms with E-state index in [1.807, 2.05) is 26.2 Å². The van der Waals surface area contributed by atoms with Crippen molar-refractivity contribution in [2.45, 2.75) is 51.1 Å². The Hall–Kier alpha value is -3.46. The standard InChI is InChI=1S/C19H24N4O.C9H10FN3/c1-22-11-15-16(3-2-13(12-24)18(15)21-22)23-8-4-14(5-9-23)20-17-10-19(17)6-7-19;1-6-4-13-5-7(11-2)3-8(10)9(13)12-6/h2-3,11-12,14,17,20H,4-10H2,1H3;3-5,11H,1-2H3. The fourth-order valence-corrected chi connectivity index (χ4v) is 5.78. The number of imidazole rings is 1. The molecule has 1 aliphatic heterocycles. The van der Waals surface area contributed by atoms with Crippen molar-refractivity contribution < 1.29 is 9.18 Å². The first-order valence-corrected chi connectivity index (χ1v) is 13.1. The number of halogens is 1. The quantitative estimate of drug-likeness (QED) is 0.395. The second-order valence-electron chi connectivity index (χ2n) is 10.8. The number of fused-ring (bicyclic) bond motifs is 2. The molecule has 1 unspecified atom stereocenters. The molecule has 7 rings (SSSR count). The summed E-state index contributed by atoms with van der Waals surface area (Å²) in [6, 6.07) is 6.91. The van der Waals surface area contributed by atoms with Crippen LogP contribution in [0.15, 0.2) is 36.8 Å². The van der Waals surface area contributed by atoms with Crippen LogP contribution in [-0.2, 0) is 7.05 Å². The molecule has 1 atom stereocenters. The number of nitrogens with zero attached hydrogens (tertiary/aromatic N) is 5. The summed E-state index contributed by atoms with van der Waals surface area (Å²) in [6.45, 7) is 3.98. The summed E-state index contributed by atoms with van der Waals surface area (Å²) in [5, 5.41) is 12.3. The van der Waals surface area contributed by atoms with Crippen LogP contribution in [0.5, 0.6) is 0 Å². The van der Waals surface area contributed by atoms with Gasteiger partial charge in [-0.2, -0.15) is 5.10 Å². The highest BCUT2D eigenvalue weighted by atomic mass is 19.1. The van der Waals surface area contributed by atoms with Crippen LogP contribution in [0, 0.1) is 18.2 Å². The third kappa shape index (κ3) is 4.56. The second-order valence-corrected chi connectivity index (χ2v) is 10.8. The van der Waals surface area contributed by atoms with Crippen molar-refractivity contribution in [2.75, 3.05) is 30.4 Å². The van der Waals surface area contributed by atoms with Crippen molar-refractivity contribution in [3.05, 3.63) is 53.9 Å². The fourth-order valence-electron chi connectivity index (χ4n) is 5.78. The molecule has 0 radical (unpaired) electrons. The lowest BCUT2D eigenvalue weighted by molar-refractivity contribution is 0.112. The van der Waals surface area contributed by atoms with Crippen LogP contribution < -0.4 is 15.5 Å². The number of nitrogens with one attached hydrogen (secondary N) is 2. The van der Waals surface area contributed by atoms with E-state index < -0.39 is 0 Å². The zero-order valence-corrected chi connectivity index (χ0v) is 21.7. The predicted molar refractivity (Wildman–Crippen MR) is 144 cm³/mol. The number of aryl methyl sites for hydroxylation is 2. The Balaban J connectivity index is 0.000000164. The number of rotatable bonds is 5. The Morgan fingerprint density at radius 1 is 1.16 bits per heavy atom. The van der Waals surface area contributed by atoms with Gasteiger partial charge in [0, 0.05) is 80.6 Å². The van der Waals surface area contributed by atoms with E-state index in [0.29, 0.717) is 17.3 Å². The third-order valence-corrected chi connectivity index (χ3v) is 8.20. The van der Waals surface area contributed by atoms with Crippen molar-refractivity contribution in [3.63, 3.8) is 0 Å². The van der Waals surface area contributed by atoms with Gasteiger partial charge in [0.05, 0.1) is 11.4 Å². The first-order valence-electron chi connectivity index (χ1n) is 13.1. The predicted octanol–water partition coefficient (Wildman–Crippen LogP) is 4.32. The lowest BCUT2D eigenvalue weighted by Crippen LogP contribution is -2.43. The average Bonchev–Trinajstić information content (AvgIpc) is 3.71. The van der Waals surface area contributed by atoms with Crippen LogP contribution >= 0.6 is 0 Å². The number of anilines is 2. The van der Waals surface area contributed by atoms with Gasteiger partial charge in [-0.05, 0) is 56.6 Å². The average molecular weight is 504 g/mol. The van der Waals surface area contributed by atoms with E-state index in [1.54, 1.807) is 28.5 Å². The topological polar surface area (TPSA) is 79.5 Å². The normalized spacial score (nSPS) is 20.2. The van der Waals surface area contributed by atoms with E-state index in [0.717, 1.165) is 53.1 Å². The SMILES string of the molecule is CNc1cc(F)c2nc(C)cn2c1.Cn1cc2c(N3CCC(NC4CC45CC5)CC3)ccc(C=O)c2n1. The Labute approximate surface area is 215 Å². The summed E-state index contributed by atoms with van der Waals surface area (Å²) in [6.07, 6.45) is 13.2. The molecule has 2 aliphatic carbocycles. The van der Waals surface area contributed by atoms with Gasteiger partial charge in [-0.1, -0.05) is 0 Å². The number of carbonyl (C=O) groups excluding carboxylic acids is 1. The van der Waals surface area contributed by atoms with Gasteiger partial charge in [-0.15, -0.1) is 0 Å². The van der Waals surface area contributed by atoms with E-state index in [2.05, 4.69) is 31.7 Å². The molecule has 0 bridgehead atoms. The molecular formula is C28H34FN7O. The first-order chi connectivity index (χ1) is 17.9. The Morgan fingerprint density at radius 2 is 1.95 bits per heavy atom. The molecule has 3 aromatic heterocycles. The van der Waals surface area contributed by atoms with Crippen LogP contribution in [0.3, 0.4) is 0 Å². The van der Waals surface area contributed by atoms with Crippen LogP contribution in [0.1, 0.15) is 48.2 Å². The molecule has 2 N–H and O–H groups in total. The molecule has 4 heterocycles. The molecule has 1 spiro atoms. The Bertz CT molecular complexity index is 1460. The van der Waals surface area contributed by atoms with E-state index >= 15 is 0 Å². The van der Waals surface area contributed by atoms with Crippen molar-refractivity contribution >= 4 is 34.2 Å². The monoisotopic (exact) mass is 503 g/mol. The minimum Gasteiger partial charge on any atom is -0.387 e. The Kier molecular flexibility index (Phi) is 5.90. The van der Waals surface area contributed by atoms with Crippen LogP contribution in [-0.4, -0.2) is 57.7 Å². The van der Waals surface area contributed by atoms with Gasteiger partial charge >= 0.3 is 0 Å². The van der Waals surface area contributed by atoms with E-state index in [4.69, 9.17) is 0 Å². The number of hydrogen-bond donors (Lipinski definition) is 2. The van der Waals surface area contributed by atoms with Crippen LogP contribution in [0.25, 0.3) is 16.6 Å². The molecule has 8 nitrogen and oxygen atoms in total. The van der Waals surface area contributed by atoms with Gasteiger partial charge in [-0.3, -0.25) is 9.48 Å². The molecule has 3 aliphatic rings. The maximum Gasteiger partial charge on any atom is 0.173 e. The number of aldehydes is 1. The summed E-state index contributed by atoms with van der Waals surface area (Å²) in [5.74, 6) is -0.306. The minimum atomic E-state index is -0.306. The van der Waals surface area contributed by atoms with E-state index in [9.17, 15) is 9.18 Å². The number of pyridine rings is 1. The number of piperidine rings is 1. The van der Waals surface area contributed by atoms with Crippen molar-refractivity contribution in [3.8, 4) is 0 Å². The molecule has 9 heteroatoms. The highest BCUT2D eigenvalue weighted by Crippen LogP contribution is 2.66. The summed E-state index contributed by atoms with van der Waals surface area (Å²) in [7, 11) is 3.67. The van der Waals surface area contributed by atoms with Gasteiger partial charge in [0.1, 0.15) is 5.52 Å². The lowest BCUT2D eigenvalue weighted by atomic mass is 10.0. The maximum absolute atomic E-state index is 13.3. The molecule has 1 aromatic carbocycles. The largest absolute Gasteiger partial charge is 0.387 e. The van der Waals surface area contributed by atoms with Crippen LogP contribution in [0.4, 0.5) is 15.8 Å². The molecule has 0 amide bonds. The zero-order chi connectivity index (χ0) is 25.7. The fraction of sp³-hybridized carbons (Fsp3) is 0.464. The van der Waals surface area contributed by atoms with Crippen molar-refractivity contribution in [2.24, 2.45) is 12.5 Å². The zero-order valence-electron chi connectivity index (χ0n) is 21.7. The third-order valence-electron chi connectivity index (χ3n) is 8.20. The smallest absolute Gasteiger partial charge is 0.173 e. The number of aromatic nitrogens is 4. The summed E-state index contributed by atoms with van der Waals surface area (Å²) < 4.78 is 16.8. The van der Waals surface area contributed by atoms with E-state index in [1.165, 1.54) is 43.9 Å². The van der Waals surface area contributed by atoms with Gasteiger partial charge in [-0.25, -0.2) is 9.37 Å². The minimum absolute atomic E-state index is 0.306. The Morgan fingerprint density at radius 3 is 2.62 bits per heavy atom. The van der Waals surface area contributed by atoms with E-state index in [-0.39, 0.29) is 5.82 Å². The molecule has 2 saturated carbocycles. The second kappa shape index (κ2) is 9.13. The van der Waals surface area contributed by atoms with Gasteiger partial charge in [0.15, 0.2) is 17.8 Å². The molecule has 3 fully saturated rings. The highest BCUT2D eigenvalue weighted by Gasteiger charge is 2.62. The van der Waals surface area contributed by atoms with Gasteiger partial charge in [0.2, 0.25) is 0 Å². The molecule has 4 aromatic rings. The van der Waals surface area contributed by atoms with Crippen LogP contribution in [0.2, 0.25) is 0 Å². The number of carbonyl (C=O) groups is 1. The van der Waals surface area contributed by atoms with Gasteiger partial charge in [0.25, 0.3) is 0 Å². The molecule has 194 valence electrons. The molecule has 37 heavy (non-hydrogen) atoms. The molecule has 1 saturated heterocycles.